The Hall–Kier alpha value is -2.25. The van der Waals surface area contributed by atoms with E-state index in [1.54, 1.807) is 13.8 Å². The van der Waals surface area contributed by atoms with Crippen LogP contribution in [0.3, 0.4) is 0 Å². The number of carbonyl (C=O) groups is 2. The maximum absolute atomic E-state index is 12.7. The Morgan fingerprint density at radius 2 is 1.81 bits per heavy atom. The van der Waals surface area contributed by atoms with Crippen LogP contribution in [0.15, 0.2) is 18.2 Å². The van der Waals surface area contributed by atoms with Gasteiger partial charge in [-0.1, -0.05) is 13.8 Å². The average Bonchev–Trinajstić information content (AvgIpc) is 2.33. The summed E-state index contributed by atoms with van der Waals surface area (Å²) in [6.45, 7) is 3.31. The first kappa shape index (κ1) is 16.8. The van der Waals surface area contributed by atoms with Crippen LogP contribution >= 0.6 is 0 Å². The molecule has 0 heterocycles. The van der Waals surface area contributed by atoms with Crippen molar-refractivity contribution >= 4 is 17.5 Å². The monoisotopic (exact) mass is 303 g/mol. The van der Waals surface area contributed by atoms with E-state index in [0.29, 0.717) is 6.07 Å². The Balaban J connectivity index is 3.06. The molecule has 0 aliphatic heterocycles. The van der Waals surface area contributed by atoms with Gasteiger partial charge < -0.3 is 16.8 Å². The first-order chi connectivity index (χ1) is 9.54. The molecular weight excluding hydrogens is 287 g/mol. The van der Waals surface area contributed by atoms with Crippen molar-refractivity contribution in [3.63, 3.8) is 0 Å². The molecule has 21 heavy (non-hydrogen) atoms. The Morgan fingerprint density at radius 3 is 2.24 bits per heavy atom. The van der Waals surface area contributed by atoms with Gasteiger partial charge in [0.2, 0.25) is 5.91 Å². The SMILES string of the molecule is CC(C)C(NC(=O)c1ccc(N)c(C(F)(F)F)c1)C(N)=O. The second-order valence-corrected chi connectivity index (χ2v) is 4.90. The summed E-state index contributed by atoms with van der Waals surface area (Å²) in [4.78, 5) is 23.1. The van der Waals surface area contributed by atoms with Crippen LogP contribution < -0.4 is 16.8 Å². The first-order valence-corrected chi connectivity index (χ1v) is 6.11. The fourth-order valence-corrected chi connectivity index (χ4v) is 1.73. The summed E-state index contributed by atoms with van der Waals surface area (Å²) in [5, 5.41) is 2.31. The Morgan fingerprint density at radius 1 is 1.24 bits per heavy atom. The van der Waals surface area contributed by atoms with Gasteiger partial charge in [-0.05, 0) is 24.1 Å². The quantitative estimate of drug-likeness (QED) is 0.736. The molecule has 0 spiro atoms. The Bertz CT molecular complexity index is 556. The zero-order valence-corrected chi connectivity index (χ0v) is 11.5. The lowest BCUT2D eigenvalue weighted by molar-refractivity contribution is -0.137. The highest BCUT2D eigenvalue weighted by atomic mass is 19.4. The number of nitrogens with one attached hydrogen (secondary N) is 1. The topological polar surface area (TPSA) is 98.2 Å². The number of alkyl halides is 3. The van der Waals surface area contributed by atoms with Crippen LogP contribution in [0.4, 0.5) is 18.9 Å². The third-order valence-electron chi connectivity index (χ3n) is 2.88. The van der Waals surface area contributed by atoms with Gasteiger partial charge >= 0.3 is 6.18 Å². The second kappa shape index (κ2) is 6.02. The summed E-state index contributed by atoms with van der Waals surface area (Å²) in [6, 6.07) is 1.82. The van der Waals surface area contributed by atoms with Crippen molar-refractivity contribution in [3.05, 3.63) is 29.3 Å². The van der Waals surface area contributed by atoms with Gasteiger partial charge in [-0.15, -0.1) is 0 Å². The van der Waals surface area contributed by atoms with E-state index in [1.165, 1.54) is 0 Å². The molecule has 1 aromatic rings. The number of nitrogen functional groups attached to an aromatic ring is 1. The van der Waals surface area contributed by atoms with Crippen molar-refractivity contribution in [2.45, 2.75) is 26.1 Å². The Labute approximate surface area is 119 Å². The molecule has 0 fully saturated rings. The van der Waals surface area contributed by atoms with Gasteiger partial charge in [-0.2, -0.15) is 13.2 Å². The second-order valence-electron chi connectivity index (χ2n) is 4.90. The van der Waals surface area contributed by atoms with E-state index in [2.05, 4.69) is 5.32 Å². The minimum atomic E-state index is -4.67. The minimum Gasteiger partial charge on any atom is -0.398 e. The fraction of sp³-hybridized carbons (Fsp3) is 0.385. The van der Waals surface area contributed by atoms with E-state index in [0.717, 1.165) is 12.1 Å². The van der Waals surface area contributed by atoms with Crippen molar-refractivity contribution in [2.75, 3.05) is 5.73 Å². The molecule has 2 amide bonds. The van der Waals surface area contributed by atoms with Gasteiger partial charge in [-0.25, -0.2) is 0 Å². The summed E-state index contributed by atoms with van der Waals surface area (Å²) in [5.74, 6) is -1.87. The molecule has 1 aromatic carbocycles. The van der Waals surface area contributed by atoms with E-state index in [9.17, 15) is 22.8 Å². The summed E-state index contributed by atoms with van der Waals surface area (Å²) >= 11 is 0. The summed E-state index contributed by atoms with van der Waals surface area (Å²) in [5.41, 5.74) is 8.56. The molecule has 1 unspecified atom stereocenters. The van der Waals surface area contributed by atoms with Crippen molar-refractivity contribution in [1.29, 1.82) is 0 Å². The lowest BCUT2D eigenvalue weighted by atomic mass is 10.0. The molecule has 8 heteroatoms. The molecule has 5 N–H and O–H groups in total. The average molecular weight is 303 g/mol. The number of anilines is 1. The predicted molar refractivity (Wildman–Crippen MR) is 71.1 cm³/mol. The van der Waals surface area contributed by atoms with Crippen LogP contribution in [0.5, 0.6) is 0 Å². The number of hydrogen-bond acceptors (Lipinski definition) is 3. The number of carbonyl (C=O) groups excluding carboxylic acids is 2. The van der Waals surface area contributed by atoms with Crippen LogP contribution in [0.25, 0.3) is 0 Å². The molecule has 1 rings (SSSR count). The third kappa shape index (κ3) is 4.11. The number of amides is 2. The Kier molecular flexibility index (Phi) is 4.82. The number of benzene rings is 1. The predicted octanol–water partition coefficient (Wildman–Crippen LogP) is 1.53. The summed E-state index contributed by atoms with van der Waals surface area (Å²) in [6.07, 6.45) is -4.67. The maximum Gasteiger partial charge on any atom is 0.418 e. The molecular formula is C13H16F3N3O2. The van der Waals surface area contributed by atoms with Gasteiger partial charge in [0.05, 0.1) is 5.56 Å². The molecule has 0 aliphatic rings. The van der Waals surface area contributed by atoms with Crippen LogP contribution in [0, 0.1) is 5.92 Å². The highest BCUT2D eigenvalue weighted by Crippen LogP contribution is 2.34. The number of rotatable bonds is 4. The van der Waals surface area contributed by atoms with Crippen molar-refractivity contribution in [2.24, 2.45) is 11.7 Å². The molecule has 0 radical (unpaired) electrons. The standard InChI is InChI=1S/C13H16F3N3O2/c1-6(2)10(11(18)20)19-12(21)7-3-4-9(17)8(5-7)13(14,15)16/h3-6,10H,17H2,1-2H3,(H2,18,20)(H,19,21). The number of nitrogens with two attached hydrogens (primary N) is 2. The molecule has 5 nitrogen and oxygen atoms in total. The smallest absolute Gasteiger partial charge is 0.398 e. The van der Waals surface area contributed by atoms with E-state index in [4.69, 9.17) is 11.5 Å². The van der Waals surface area contributed by atoms with E-state index >= 15 is 0 Å². The largest absolute Gasteiger partial charge is 0.418 e. The zero-order chi connectivity index (χ0) is 16.4. The molecule has 0 aromatic heterocycles. The van der Waals surface area contributed by atoms with Crippen LogP contribution in [-0.4, -0.2) is 17.9 Å². The van der Waals surface area contributed by atoms with Gasteiger partial charge in [-0.3, -0.25) is 9.59 Å². The normalized spacial score (nSPS) is 13.0. The summed E-state index contributed by atoms with van der Waals surface area (Å²) in [7, 11) is 0. The van der Waals surface area contributed by atoms with Gasteiger partial charge in [0.1, 0.15) is 6.04 Å². The molecule has 0 saturated heterocycles. The van der Waals surface area contributed by atoms with Crippen molar-refractivity contribution < 1.29 is 22.8 Å². The van der Waals surface area contributed by atoms with Crippen LogP contribution in [-0.2, 0) is 11.0 Å². The van der Waals surface area contributed by atoms with E-state index in [1.807, 2.05) is 0 Å². The van der Waals surface area contributed by atoms with Gasteiger partial charge in [0.25, 0.3) is 5.91 Å². The summed E-state index contributed by atoms with van der Waals surface area (Å²) < 4.78 is 38.2. The third-order valence-corrected chi connectivity index (χ3v) is 2.88. The fourth-order valence-electron chi connectivity index (χ4n) is 1.73. The van der Waals surface area contributed by atoms with Crippen LogP contribution in [0.1, 0.15) is 29.8 Å². The van der Waals surface area contributed by atoms with Crippen molar-refractivity contribution in [3.8, 4) is 0 Å². The molecule has 1 atom stereocenters. The first-order valence-electron chi connectivity index (χ1n) is 6.11. The van der Waals surface area contributed by atoms with Gasteiger partial charge in [0, 0.05) is 11.3 Å². The number of hydrogen-bond donors (Lipinski definition) is 3. The number of primary amides is 1. The van der Waals surface area contributed by atoms with E-state index in [-0.39, 0.29) is 11.5 Å². The molecule has 116 valence electrons. The zero-order valence-electron chi connectivity index (χ0n) is 11.5. The van der Waals surface area contributed by atoms with Crippen molar-refractivity contribution in [1.82, 2.24) is 5.32 Å². The molecule has 0 bridgehead atoms. The molecule has 0 aliphatic carbocycles. The maximum atomic E-state index is 12.7. The number of halogens is 3. The lowest BCUT2D eigenvalue weighted by Gasteiger charge is -2.19. The van der Waals surface area contributed by atoms with Crippen LogP contribution in [0.2, 0.25) is 0 Å². The highest BCUT2D eigenvalue weighted by molar-refractivity contribution is 5.97. The minimum absolute atomic E-state index is 0.247. The molecule has 0 saturated carbocycles. The lowest BCUT2D eigenvalue weighted by Crippen LogP contribution is -2.47. The van der Waals surface area contributed by atoms with E-state index < -0.39 is 35.3 Å². The highest BCUT2D eigenvalue weighted by Gasteiger charge is 2.34. The van der Waals surface area contributed by atoms with Gasteiger partial charge in [0.15, 0.2) is 0 Å².